The summed E-state index contributed by atoms with van der Waals surface area (Å²) in [6.45, 7) is 3.69. The number of hydrogen-bond acceptors (Lipinski definition) is 3. The Morgan fingerprint density at radius 3 is 2.61 bits per heavy atom. The van der Waals surface area contributed by atoms with Crippen LogP contribution < -0.4 is 10.1 Å². The van der Waals surface area contributed by atoms with E-state index in [1.54, 1.807) is 19.1 Å². The molecule has 23 heavy (non-hydrogen) atoms. The van der Waals surface area contributed by atoms with Crippen molar-refractivity contribution in [3.05, 3.63) is 58.1 Å². The van der Waals surface area contributed by atoms with E-state index in [0.717, 1.165) is 15.6 Å². The number of rotatable bonds is 5. The Bertz CT molecular complexity index is 736. The molecule has 4 nitrogen and oxygen atoms in total. The first-order valence-electron chi connectivity index (χ1n) is 7.19. The molecule has 2 rings (SSSR count). The number of carbonyl (C=O) groups is 1. The number of nitrogens with one attached hydrogen (secondary N) is 1. The summed E-state index contributed by atoms with van der Waals surface area (Å²) in [6.07, 6.45) is -0.275. The molecule has 0 saturated carbocycles. The molecule has 0 fully saturated rings. The van der Waals surface area contributed by atoms with Gasteiger partial charge in [-0.15, -0.1) is 0 Å². The van der Waals surface area contributed by atoms with Gasteiger partial charge >= 0.3 is 0 Å². The van der Waals surface area contributed by atoms with Gasteiger partial charge < -0.3 is 10.1 Å². The summed E-state index contributed by atoms with van der Waals surface area (Å²) >= 11 is 3.43. The van der Waals surface area contributed by atoms with Crippen LogP contribution in [-0.4, -0.2) is 12.0 Å². The van der Waals surface area contributed by atoms with Crippen LogP contribution in [0.2, 0.25) is 0 Å². The van der Waals surface area contributed by atoms with E-state index in [0.29, 0.717) is 17.9 Å². The smallest absolute Gasteiger partial charge is 0.265 e. The lowest BCUT2D eigenvalue weighted by molar-refractivity contribution is -0.122. The second-order valence-corrected chi connectivity index (χ2v) is 6.07. The number of carbonyl (C=O) groups excluding carboxylic acids is 1. The zero-order chi connectivity index (χ0) is 16.8. The monoisotopic (exact) mass is 372 g/mol. The van der Waals surface area contributed by atoms with Crippen molar-refractivity contribution in [1.29, 1.82) is 5.26 Å². The maximum atomic E-state index is 12.2. The Labute approximate surface area is 144 Å². The molecule has 0 spiro atoms. The summed E-state index contributed by atoms with van der Waals surface area (Å²) in [6, 6.07) is 15.0. The molecule has 1 unspecified atom stereocenters. The van der Waals surface area contributed by atoms with Crippen LogP contribution in [0.5, 0.6) is 5.75 Å². The number of nitriles is 1. The Hall–Kier alpha value is -2.32. The third-order valence-electron chi connectivity index (χ3n) is 3.27. The minimum atomic E-state index is -0.632. The van der Waals surface area contributed by atoms with Gasteiger partial charge in [0.2, 0.25) is 0 Å². The van der Waals surface area contributed by atoms with Gasteiger partial charge in [-0.25, -0.2) is 0 Å². The van der Waals surface area contributed by atoms with E-state index in [2.05, 4.69) is 27.3 Å². The number of ether oxygens (including phenoxy) is 1. The topological polar surface area (TPSA) is 62.1 Å². The van der Waals surface area contributed by atoms with E-state index in [9.17, 15) is 4.79 Å². The van der Waals surface area contributed by atoms with Crippen molar-refractivity contribution in [2.45, 2.75) is 26.4 Å². The Balaban J connectivity index is 1.98. The van der Waals surface area contributed by atoms with E-state index in [4.69, 9.17) is 10.00 Å². The molecule has 0 heterocycles. The van der Waals surface area contributed by atoms with Crippen LogP contribution >= 0.6 is 15.9 Å². The van der Waals surface area contributed by atoms with Crippen molar-refractivity contribution in [3.8, 4) is 11.8 Å². The first-order valence-corrected chi connectivity index (χ1v) is 7.98. The fourth-order valence-electron chi connectivity index (χ4n) is 1.99. The van der Waals surface area contributed by atoms with Gasteiger partial charge in [0.05, 0.1) is 17.0 Å². The number of nitrogens with zero attached hydrogens (tertiary/aromatic N) is 1. The number of benzene rings is 2. The number of anilines is 1. The van der Waals surface area contributed by atoms with Crippen LogP contribution in [0.1, 0.15) is 18.1 Å². The molecule has 0 saturated heterocycles. The highest BCUT2D eigenvalue weighted by molar-refractivity contribution is 9.10. The second kappa shape index (κ2) is 7.80. The fraction of sp³-hybridized carbons (Fsp3) is 0.222. The molecule has 118 valence electrons. The van der Waals surface area contributed by atoms with Gasteiger partial charge in [0, 0.05) is 5.69 Å². The molecular weight excluding hydrogens is 356 g/mol. The average molecular weight is 373 g/mol. The minimum Gasteiger partial charge on any atom is -0.480 e. The Morgan fingerprint density at radius 2 is 2.00 bits per heavy atom. The van der Waals surface area contributed by atoms with E-state index in [1.165, 1.54) is 0 Å². The molecular formula is C18H17BrN2O2. The molecule has 0 aliphatic carbocycles. The second-order valence-electron chi connectivity index (χ2n) is 5.22. The summed E-state index contributed by atoms with van der Waals surface area (Å²) in [5.41, 5.74) is 2.70. The number of aryl methyl sites for hydroxylation is 1. The lowest BCUT2D eigenvalue weighted by atomic mass is 10.1. The Kier molecular flexibility index (Phi) is 5.78. The lowest BCUT2D eigenvalue weighted by Gasteiger charge is -2.16. The van der Waals surface area contributed by atoms with Crippen LogP contribution in [0.15, 0.2) is 46.9 Å². The van der Waals surface area contributed by atoms with Crippen LogP contribution in [-0.2, 0) is 11.2 Å². The maximum Gasteiger partial charge on any atom is 0.265 e. The van der Waals surface area contributed by atoms with Crippen molar-refractivity contribution in [3.63, 3.8) is 0 Å². The first kappa shape index (κ1) is 17.0. The highest BCUT2D eigenvalue weighted by Crippen LogP contribution is 2.26. The van der Waals surface area contributed by atoms with Crippen LogP contribution in [0.3, 0.4) is 0 Å². The molecule has 0 bridgehead atoms. The van der Waals surface area contributed by atoms with Gasteiger partial charge in [-0.2, -0.15) is 5.26 Å². The van der Waals surface area contributed by atoms with Crippen molar-refractivity contribution >= 4 is 27.5 Å². The highest BCUT2D eigenvalue weighted by Gasteiger charge is 2.16. The average Bonchev–Trinajstić information content (AvgIpc) is 2.52. The largest absolute Gasteiger partial charge is 0.480 e. The summed E-state index contributed by atoms with van der Waals surface area (Å²) in [5.74, 6) is 0.396. The highest BCUT2D eigenvalue weighted by atomic mass is 79.9. The summed E-state index contributed by atoms with van der Waals surface area (Å²) in [7, 11) is 0. The van der Waals surface area contributed by atoms with Gasteiger partial charge in [-0.3, -0.25) is 4.79 Å². The predicted molar refractivity (Wildman–Crippen MR) is 93.4 cm³/mol. The zero-order valence-corrected chi connectivity index (χ0v) is 14.6. The molecule has 1 N–H and O–H groups in total. The summed E-state index contributed by atoms with van der Waals surface area (Å²) in [5, 5.41) is 11.4. The third-order valence-corrected chi connectivity index (χ3v) is 3.88. The zero-order valence-electron chi connectivity index (χ0n) is 13.0. The van der Waals surface area contributed by atoms with Crippen LogP contribution in [0.25, 0.3) is 0 Å². The molecule has 1 atom stereocenters. The SMILES string of the molecule is Cc1ccc(OC(C)C(=O)Nc2ccc(CC#N)cc2)c(Br)c1. The normalized spacial score (nSPS) is 11.4. The van der Waals surface area contributed by atoms with Crippen molar-refractivity contribution in [2.24, 2.45) is 0 Å². The van der Waals surface area contributed by atoms with Crippen molar-refractivity contribution in [1.82, 2.24) is 0 Å². The molecule has 0 aliphatic rings. The van der Waals surface area contributed by atoms with Crippen LogP contribution in [0.4, 0.5) is 5.69 Å². The van der Waals surface area contributed by atoms with Gasteiger partial charge in [-0.05, 0) is 65.2 Å². The summed E-state index contributed by atoms with van der Waals surface area (Å²) < 4.78 is 6.51. The molecule has 5 heteroatoms. The van der Waals surface area contributed by atoms with Gasteiger partial charge in [0.25, 0.3) is 5.91 Å². The molecule has 1 amide bonds. The lowest BCUT2D eigenvalue weighted by Crippen LogP contribution is -2.30. The van der Waals surface area contributed by atoms with Crippen molar-refractivity contribution in [2.75, 3.05) is 5.32 Å². The third kappa shape index (κ3) is 4.83. The molecule has 2 aromatic rings. The number of hydrogen-bond donors (Lipinski definition) is 1. The standard InChI is InChI=1S/C18H17BrN2O2/c1-12-3-8-17(16(19)11-12)23-13(2)18(22)21-15-6-4-14(5-7-15)9-10-20/h3-8,11,13H,9H2,1-2H3,(H,21,22). The number of amides is 1. The Morgan fingerprint density at radius 1 is 1.30 bits per heavy atom. The maximum absolute atomic E-state index is 12.2. The fourth-order valence-corrected chi connectivity index (χ4v) is 2.57. The number of halogens is 1. The van der Waals surface area contributed by atoms with Crippen LogP contribution in [0, 0.1) is 18.3 Å². The molecule has 2 aromatic carbocycles. The molecule has 0 aliphatic heterocycles. The molecule has 0 aromatic heterocycles. The first-order chi connectivity index (χ1) is 11.0. The van der Waals surface area contributed by atoms with Crippen molar-refractivity contribution < 1.29 is 9.53 Å². The summed E-state index contributed by atoms with van der Waals surface area (Å²) in [4.78, 5) is 12.2. The van der Waals surface area contributed by atoms with E-state index in [-0.39, 0.29) is 5.91 Å². The van der Waals surface area contributed by atoms with E-state index >= 15 is 0 Å². The van der Waals surface area contributed by atoms with Gasteiger partial charge in [-0.1, -0.05) is 18.2 Å². The van der Waals surface area contributed by atoms with Gasteiger partial charge in [0.1, 0.15) is 5.75 Å². The van der Waals surface area contributed by atoms with E-state index < -0.39 is 6.10 Å². The predicted octanol–water partition coefficient (Wildman–Crippen LogP) is 4.23. The quantitative estimate of drug-likeness (QED) is 0.853. The molecule has 0 radical (unpaired) electrons. The minimum absolute atomic E-state index is 0.231. The van der Waals surface area contributed by atoms with E-state index in [1.807, 2.05) is 37.3 Å². The van der Waals surface area contributed by atoms with Gasteiger partial charge in [0.15, 0.2) is 6.10 Å².